The maximum Gasteiger partial charge on any atom is 0.519 e. The molecule has 10 nitrogen and oxygen atoms in total. The summed E-state index contributed by atoms with van der Waals surface area (Å²) in [4.78, 5) is 69.4. The maximum absolute atomic E-state index is 15.3. The van der Waals surface area contributed by atoms with Crippen LogP contribution in [0, 0.1) is 57.2 Å². The SMILES string of the molecule is CSCC(=O)O[C@H]1CC[C@@]2(C)[C@@H](CC[C@]3(C)[C@@H]2C(=O)C=C2[C@@H]4C[C@@](C)(C(=O)OC(c5ccccc5)c5ccccc5)CC[C@]4(C)CC[C@]23C)[C@]1(C)C(=O)OCc1oc(=O)oc1C. The molecule has 0 saturated heterocycles. The molecule has 0 unspecified atom stereocenters. The number of esters is 3. The van der Waals surface area contributed by atoms with Crippen LogP contribution in [-0.2, 0) is 40.0 Å². The predicted octanol–water partition coefficient (Wildman–Crippen LogP) is 10.2. The van der Waals surface area contributed by atoms with Crippen molar-refractivity contribution in [3.8, 4) is 0 Å². The number of thioether (sulfide) groups is 1. The molecule has 4 saturated carbocycles. The van der Waals surface area contributed by atoms with Crippen LogP contribution in [0.15, 0.2) is 85.9 Å². The van der Waals surface area contributed by atoms with Crippen LogP contribution in [0.5, 0.6) is 0 Å². The number of carbonyl (C=O) groups is 4. The van der Waals surface area contributed by atoms with Gasteiger partial charge in [-0.3, -0.25) is 19.2 Å². The quantitative estimate of drug-likeness (QED) is 0.142. The summed E-state index contributed by atoms with van der Waals surface area (Å²) in [6.07, 6.45) is 8.80. The van der Waals surface area contributed by atoms with Crippen LogP contribution >= 0.6 is 11.8 Å². The van der Waals surface area contributed by atoms with Crippen molar-refractivity contribution in [3.63, 3.8) is 0 Å². The third-order valence-corrected chi connectivity index (χ3v) is 17.8. The zero-order chi connectivity index (χ0) is 44.5. The van der Waals surface area contributed by atoms with Gasteiger partial charge in [0.25, 0.3) is 0 Å². The van der Waals surface area contributed by atoms with Gasteiger partial charge in [0.05, 0.1) is 11.2 Å². The van der Waals surface area contributed by atoms with Gasteiger partial charge in [-0.05, 0) is 136 Å². The van der Waals surface area contributed by atoms with E-state index >= 15 is 4.79 Å². The topological polar surface area (TPSA) is 139 Å². The van der Waals surface area contributed by atoms with Crippen molar-refractivity contribution in [1.82, 2.24) is 0 Å². The van der Waals surface area contributed by atoms with Crippen molar-refractivity contribution in [2.24, 2.45) is 50.2 Å². The number of hydrogen-bond donors (Lipinski definition) is 0. The largest absolute Gasteiger partial charge is 0.519 e. The van der Waals surface area contributed by atoms with Crippen LogP contribution in [0.1, 0.15) is 128 Å². The molecule has 62 heavy (non-hydrogen) atoms. The Balaban J connectivity index is 1.11. The summed E-state index contributed by atoms with van der Waals surface area (Å²) in [7, 11) is 0. The summed E-state index contributed by atoms with van der Waals surface area (Å²) in [6, 6.07) is 19.8. The number of benzene rings is 2. The second-order valence-corrected chi connectivity index (χ2v) is 21.5. The summed E-state index contributed by atoms with van der Waals surface area (Å²) >= 11 is 1.35. The normalized spacial score (nSPS) is 36.3. The Morgan fingerprint density at radius 2 is 1.45 bits per heavy atom. The van der Waals surface area contributed by atoms with Crippen LogP contribution < -0.4 is 5.82 Å². The van der Waals surface area contributed by atoms with Gasteiger partial charge in [0.2, 0.25) is 0 Å². The fourth-order valence-electron chi connectivity index (χ4n) is 13.4. The molecule has 0 radical (unpaired) electrons. The smallest absolute Gasteiger partial charge is 0.461 e. The van der Waals surface area contributed by atoms with E-state index in [0.717, 1.165) is 36.0 Å². The maximum atomic E-state index is 15.3. The molecule has 0 aliphatic heterocycles. The van der Waals surface area contributed by atoms with Gasteiger partial charge in [-0.15, -0.1) is 0 Å². The molecule has 3 aromatic rings. The van der Waals surface area contributed by atoms with Crippen molar-refractivity contribution in [2.45, 2.75) is 125 Å². The molecule has 1 aromatic heterocycles. The molecule has 1 heterocycles. The van der Waals surface area contributed by atoms with E-state index in [0.29, 0.717) is 38.5 Å². The first-order valence-electron chi connectivity index (χ1n) is 22.3. The Morgan fingerprint density at radius 1 is 0.806 bits per heavy atom. The number of hydrogen-bond acceptors (Lipinski definition) is 11. The molecule has 0 bridgehead atoms. The molecule has 332 valence electrons. The lowest BCUT2D eigenvalue weighted by atomic mass is 9.33. The molecule has 5 aliphatic rings. The van der Waals surface area contributed by atoms with Gasteiger partial charge >= 0.3 is 23.7 Å². The fraction of sp³-hybridized carbons (Fsp3) is 0.588. The summed E-state index contributed by atoms with van der Waals surface area (Å²) in [5.74, 6) is -2.25. The number of aryl methyl sites for hydroxylation is 1. The third-order valence-electron chi connectivity index (χ3n) is 17.2. The number of fused-ring (bicyclic) bond motifs is 7. The average molecular weight is 867 g/mol. The van der Waals surface area contributed by atoms with Gasteiger partial charge in [0.1, 0.15) is 11.5 Å². The van der Waals surface area contributed by atoms with E-state index in [1.54, 1.807) is 6.92 Å². The standard InChI is InChI=1S/C51H62O10S/c1-31-37(59-45(56)58-31)29-57-44(55)51(7)38-19-22-50(6)42(48(38,4)21-20-39(51)60-40(53)30-62-8)36(52)27-34-35-28-47(3,24-23-46(35,2)25-26-49(34,50)5)43(54)61-41(32-15-11-9-12-16-32)33-17-13-10-14-18-33/h9-18,27,35,38-39,41-42H,19-26,28-30H2,1-8H3/t35-,38+,39-,42+,46+,47-,48-,49+,50+,51-/m0/s1. The van der Waals surface area contributed by atoms with E-state index in [4.69, 9.17) is 23.0 Å². The van der Waals surface area contributed by atoms with E-state index in [9.17, 15) is 19.2 Å². The molecular weight excluding hydrogens is 805 g/mol. The highest BCUT2D eigenvalue weighted by molar-refractivity contribution is 7.99. The van der Waals surface area contributed by atoms with Gasteiger partial charge in [-0.2, -0.15) is 11.8 Å². The van der Waals surface area contributed by atoms with Crippen molar-refractivity contribution in [1.29, 1.82) is 0 Å². The minimum atomic E-state index is -1.29. The number of ether oxygens (including phenoxy) is 3. The summed E-state index contributed by atoms with van der Waals surface area (Å²) in [5.41, 5.74) is -0.576. The van der Waals surface area contributed by atoms with Crippen molar-refractivity contribution in [2.75, 3.05) is 12.0 Å². The highest BCUT2D eigenvalue weighted by Crippen LogP contribution is 2.75. The highest BCUT2D eigenvalue weighted by Gasteiger charge is 2.72. The van der Waals surface area contributed by atoms with Crippen LogP contribution in [0.3, 0.4) is 0 Å². The minimum absolute atomic E-state index is 0.00459. The fourth-order valence-corrected chi connectivity index (χ4v) is 13.7. The Kier molecular flexibility index (Phi) is 11.4. The monoisotopic (exact) mass is 866 g/mol. The molecule has 0 N–H and O–H groups in total. The molecule has 5 aliphatic carbocycles. The van der Waals surface area contributed by atoms with Crippen molar-refractivity contribution in [3.05, 3.63) is 106 Å². The van der Waals surface area contributed by atoms with Crippen molar-refractivity contribution < 1.29 is 42.2 Å². The summed E-state index contributed by atoms with van der Waals surface area (Å²) in [5, 5.41) is 0. The lowest BCUT2D eigenvalue weighted by Crippen LogP contribution is -2.68. The van der Waals surface area contributed by atoms with Crippen LogP contribution in [0.4, 0.5) is 0 Å². The number of allylic oxidation sites excluding steroid dienone is 2. The van der Waals surface area contributed by atoms with Gasteiger partial charge in [0, 0.05) is 5.92 Å². The second kappa shape index (κ2) is 16.0. The lowest BCUT2D eigenvalue weighted by molar-refractivity contribution is -0.224. The molecule has 2 aromatic carbocycles. The van der Waals surface area contributed by atoms with Crippen LogP contribution in [0.2, 0.25) is 0 Å². The zero-order valence-electron chi connectivity index (χ0n) is 37.5. The highest BCUT2D eigenvalue weighted by atomic mass is 32.2. The molecule has 10 atom stereocenters. The Morgan fingerprint density at radius 3 is 2.06 bits per heavy atom. The van der Waals surface area contributed by atoms with Crippen LogP contribution in [-0.4, -0.2) is 41.8 Å². The Hall–Kier alpha value is -4.38. The van der Waals surface area contributed by atoms with Gasteiger partial charge in [0.15, 0.2) is 30.0 Å². The molecule has 8 rings (SSSR count). The first kappa shape index (κ1) is 44.2. The van der Waals surface area contributed by atoms with Crippen molar-refractivity contribution >= 4 is 35.5 Å². The predicted molar refractivity (Wildman–Crippen MR) is 235 cm³/mol. The van der Waals surface area contributed by atoms with Gasteiger partial charge in [-0.25, -0.2) is 4.79 Å². The lowest BCUT2D eigenvalue weighted by Gasteiger charge is -2.70. The van der Waals surface area contributed by atoms with Crippen LogP contribution in [0.25, 0.3) is 0 Å². The minimum Gasteiger partial charge on any atom is -0.461 e. The molecule has 0 amide bonds. The van der Waals surface area contributed by atoms with E-state index in [1.807, 2.05) is 79.9 Å². The van der Waals surface area contributed by atoms with E-state index in [-0.39, 0.29) is 58.3 Å². The zero-order valence-corrected chi connectivity index (χ0v) is 38.3. The van der Waals surface area contributed by atoms with Gasteiger partial charge in [-0.1, -0.05) is 93.9 Å². The third kappa shape index (κ3) is 7.03. The first-order chi connectivity index (χ1) is 29.3. The number of carbonyl (C=O) groups excluding carboxylic acids is 4. The van der Waals surface area contributed by atoms with E-state index < -0.39 is 57.5 Å². The van der Waals surface area contributed by atoms with E-state index in [2.05, 4.69) is 34.6 Å². The molecule has 4 fully saturated rings. The number of ketones is 1. The summed E-state index contributed by atoms with van der Waals surface area (Å²) in [6.45, 7) is 14.3. The molecule has 11 heteroatoms. The van der Waals surface area contributed by atoms with Gasteiger partial charge < -0.3 is 23.0 Å². The molecule has 0 spiro atoms. The second-order valence-electron chi connectivity index (χ2n) is 20.6. The number of rotatable bonds is 10. The Labute approximate surface area is 369 Å². The Bertz CT molecular complexity index is 2280. The average Bonchev–Trinajstić information content (AvgIpc) is 3.57. The van der Waals surface area contributed by atoms with E-state index in [1.165, 1.54) is 11.8 Å². The first-order valence-corrected chi connectivity index (χ1v) is 23.7. The molecular formula is C51H62O10S. The summed E-state index contributed by atoms with van der Waals surface area (Å²) < 4.78 is 28.8.